The summed E-state index contributed by atoms with van der Waals surface area (Å²) in [4.78, 5) is 14.8. The van der Waals surface area contributed by atoms with Crippen molar-refractivity contribution in [1.29, 1.82) is 0 Å². The van der Waals surface area contributed by atoms with Crippen molar-refractivity contribution in [2.75, 3.05) is 0 Å². The first-order valence-corrected chi connectivity index (χ1v) is 5.28. The molecule has 0 aliphatic carbocycles. The van der Waals surface area contributed by atoms with Gasteiger partial charge in [0.05, 0.1) is 5.56 Å². The largest absolute Gasteiger partial charge is 0.372 e. The van der Waals surface area contributed by atoms with Crippen LogP contribution in [0.2, 0.25) is 0 Å². The van der Waals surface area contributed by atoms with Gasteiger partial charge >= 0.3 is 5.97 Å². The molecule has 0 aliphatic rings. The van der Waals surface area contributed by atoms with Crippen molar-refractivity contribution < 1.29 is 14.9 Å². The molecule has 0 amide bonds. The molecule has 3 heteroatoms. The normalized spacial score (nSPS) is 9.94. The lowest BCUT2D eigenvalue weighted by molar-refractivity contribution is -0.182. The molecule has 0 heterocycles. The molecule has 0 fully saturated rings. The second-order valence-electron chi connectivity index (χ2n) is 3.74. The predicted molar refractivity (Wildman–Crippen MR) is 63.7 cm³/mol. The van der Waals surface area contributed by atoms with Gasteiger partial charge in [0.2, 0.25) is 0 Å². The van der Waals surface area contributed by atoms with E-state index in [1.165, 1.54) is 5.56 Å². The molecule has 0 spiro atoms. The van der Waals surface area contributed by atoms with Crippen molar-refractivity contribution in [3.05, 3.63) is 71.3 Å². The third-order valence-electron chi connectivity index (χ3n) is 2.50. The minimum absolute atomic E-state index is 0.348. The van der Waals surface area contributed by atoms with Crippen LogP contribution in [0.3, 0.4) is 0 Å². The highest BCUT2D eigenvalue weighted by molar-refractivity contribution is 5.89. The summed E-state index contributed by atoms with van der Waals surface area (Å²) in [5, 5.41) is 8.32. The van der Waals surface area contributed by atoms with E-state index in [1.807, 2.05) is 36.4 Å². The fraction of sp³-hybridized carbons (Fsp3) is 0.0714. The van der Waals surface area contributed by atoms with Crippen LogP contribution in [0.4, 0.5) is 0 Å². The third kappa shape index (κ3) is 2.92. The van der Waals surface area contributed by atoms with E-state index in [-0.39, 0.29) is 0 Å². The zero-order chi connectivity index (χ0) is 12.1. The van der Waals surface area contributed by atoms with E-state index >= 15 is 0 Å². The van der Waals surface area contributed by atoms with E-state index in [1.54, 1.807) is 18.2 Å². The zero-order valence-electron chi connectivity index (χ0n) is 9.17. The van der Waals surface area contributed by atoms with Crippen molar-refractivity contribution in [2.45, 2.75) is 6.42 Å². The molecular weight excluding hydrogens is 216 g/mol. The molecule has 0 bridgehead atoms. The van der Waals surface area contributed by atoms with Gasteiger partial charge in [0, 0.05) is 0 Å². The van der Waals surface area contributed by atoms with Crippen molar-refractivity contribution >= 4 is 5.97 Å². The van der Waals surface area contributed by atoms with Gasteiger partial charge in [-0.1, -0.05) is 42.5 Å². The Morgan fingerprint density at radius 2 is 1.71 bits per heavy atom. The van der Waals surface area contributed by atoms with Gasteiger partial charge in [-0.2, -0.15) is 5.26 Å². The van der Waals surface area contributed by atoms with Gasteiger partial charge in [-0.15, -0.1) is 0 Å². The summed E-state index contributed by atoms with van der Waals surface area (Å²) in [6.07, 6.45) is 0.743. The first kappa shape index (κ1) is 11.4. The lowest BCUT2D eigenvalue weighted by Gasteiger charge is -2.03. The summed E-state index contributed by atoms with van der Waals surface area (Å²) < 4.78 is 0. The lowest BCUT2D eigenvalue weighted by Crippen LogP contribution is -2.02. The van der Waals surface area contributed by atoms with Gasteiger partial charge < -0.3 is 0 Å². The molecule has 3 nitrogen and oxygen atoms in total. The Morgan fingerprint density at radius 1 is 1.00 bits per heavy atom. The molecule has 0 aliphatic heterocycles. The maximum atomic E-state index is 11.1. The number of carbonyl (C=O) groups excluding carboxylic acids is 1. The minimum Gasteiger partial charge on any atom is -0.296 e. The number of carbonyl (C=O) groups is 1. The van der Waals surface area contributed by atoms with Crippen molar-refractivity contribution in [2.24, 2.45) is 0 Å². The average molecular weight is 228 g/mol. The maximum absolute atomic E-state index is 11.1. The van der Waals surface area contributed by atoms with Gasteiger partial charge in [0.15, 0.2) is 0 Å². The molecule has 2 rings (SSSR count). The molecule has 2 aromatic rings. The van der Waals surface area contributed by atoms with Gasteiger partial charge in [0.25, 0.3) is 0 Å². The Bertz CT molecular complexity index is 506. The monoisotopic (exact) mass is 228 g/mol. The fourth-order valence-electron chi connectivity index (χ4n) is 1.69. The summed E-state index contributed by atoms with van der Waals surface area (Å²) in [5.74, 6) is -0.736. The van der Waals surface area contributed by atoms with Crippen molar-refractivity contribution in [1.82, 2.24) is 0 Å². The number of rotatable bonds is 3. The van der Waals surface area contributed by atoms with E-state index < -0.39 is 5.97 Å². The third-order valence-corrected chi connectivity index (χ3v) is 2.50. The maximum Gasteiger partial charge on any atom is 0.372 e. The molecule has 17 heavy (non-hydrogen) atoms. The summed E-state index contributed by atoms with van der Waals surface area (Å²) in [5.41, 5.74) is 2.52. The second-order valence-corrected chi connectivity index (χ2v) is 3.74. The Hall–Kier alpha value is -2.13. The van der Waals surface area contributed by atoms with E-state index in [0.29, 0.717) is 5.56 Å². The van der Waals surface area contributed by atoms with Crippen LogP contribution < -0.4 is 0 Å². The topological polar surface area (TPSA) is 46.5 Å². The molecule has 1 N–H and O–H groups in total. The Morgan fingerprint density at radius 3 is 2.41 bits per heavy atom. The highest BCUT2D eigenvalue weighted by Gasteiger charge is 2.07. The van der Waals surface area contributed by atoms with E-state index in [0.717, 1.165) is 12.0 Å². The van der Waals surface area contributed by atoms with E-state index in [2.05, 4.69) is 4.89 Å². The minimum atomic E-state index is -0.736. The summed E-state index contributed by atoms with van der Waals surface area (Å²) in [6, 6.07) is 17.0. The highest BCUT2D eigenvalue weighted by Crippen LogP contribution is 2.11. The van der Waals surface area contributed by atoms with Gasteiger partial charge in [0.1, 0.15) is 0 Å². The summed E-state index contributed by atoms with van der Waals surface area (Å²) >= 11 is 0. The van der Waals surface area contributed by atoms with Gasteiger partial charge in [-0.05, 0) is 29.7 Å². The van der Waals surface area contributed by atoms with Crippen molar-refractivity contribution in [3.63, 3.8) is 0 Å². The number of hydrogen-bond acceptors (Lipinski definition) is 3. The zero-order valence-corrected chi connectivity index (χ0v) is 9.17. The van der Waals surface area contributed by atoms with Crippen LogP contribution in [0.1, 0.15) is 21.5 Å². The standard InChI is InChI=1S/C14H12O3/c15-14(17-16)13-8-4-7-12(10-13)9-11-5-2-1-3-6-11/h1-8,10,16H,9H2. The molecule has 2 aromatic carbocycles. The first-order chi connectivity index (χ1) is 8.29. The number of hydrogen-bond donors (Lipinski definition) is 1. The Balaban J connectivity index is 2.20. The summed E-state index contributed by atoms with van der Waals surface area (Å²) in [6.45, 7) is 0. The second kappa shape index (κ2) is 5.27. The first-order valence-electron chi connectivity index (χ1n) is 5.28. The molecular formula is C14H12O3. The molecule has 0 saturated heterocycles. The van der Waals surface area contributed by atoms with Crippen molar-refractivity contribution in [3.8, 4) is 0 Å². The molecule has 0 saturated carbocycles. The average Bonchev–Trinajstić information content (AvgIpc) is 2.39. The SMILES string of the molecule is O=C(OO)c1cccc(Cc2ccccc2)c1. The molecule has 0 atom stereocenters. The van der Waals surface area contributed by atoms with Gasteiger partial charge in [-0.25, -0.2) is 4.79 Å². The predicted octanol–water partition coefficient (Wildman–Crippen LogP) is 2.91. The molecule has 86 valence electrons. The van der Waals surface area contributed by atoms with Crippen LogP contribution in [-0.4, -0.2) is 11.2 Å². The van der Waals surface area contributed by atoms with Crippen LogP contribution in [0, 0.1) is 0 Å². The van der Waals surface area contributed by atoms with Crippen LogP contribution in [0.25, 0.3) is 0 Å². The van der Waals surface area contributed by atoms with Gasteiger partial charge in [-0.3, -0.25) is 4.89 Å². The quantitative estimate of drug-likeness (QED) is 0.649. The Labute approximate surface area is 99.2 Å². The van der Waals surface area contributed by atoms with E-state index in [4.69, 9.17) is 5.26 Å². The van der Waals surface area contributed by atoms with Crippen LogP contribution in [0.5, 0.6) is 0 Å². The van der Waals surface area contributed by atoms with Crippen LogP contribution in [-0.2, 0) is 11.3 Å². The van der Waals surface area contributed by atoms with Crippen LogP contribution in [0.15, 0.2) is 54.6 Å². The fourth-order valence-corrected chi connectivity index (χ4v) is 1.69. The molecule has 0 unspecified atom stereocenters. The summed E-state index contributed by atoms with van der Waals surface area (Å²) in [7, 11) is 0. The van der Waals surface area contributed by atoms with E-state index in [9.17, 15) is 4.79 Å². The molecule has 0 radical (unpaired) electrons. The molecule has 0 aromatic heterocycles. The Kier molecular flexibility index (Phi) is 3.52. The smallest absolute Gasteiger partial charge is 0.296 e. The highest BCUT2D eigenvalue weighted by atomic mass is 17.1. The number of benzene rings is 2. The van der Waals surface area contributed by atoms with Crippen LogP contribution >= 0.6 is 0 Å². The lowest BCUT2D eigenvalue weighted by atomic mass is 10.0.